The molecule has 0 aliphatic carbocycles. The van der Waals surface area contributed by atoms with Gasteiger partial charge in [0.25, 0.3) is 11.8 Å². The van der Waals surface area contributed by atoms with E-state index in [2.05, 4.69) is 25.1 Å². The van der Waals surface area contributed by atoms with Crippen LogP contribution in [0.25, 0.3) is 0 Å². The summed E-state index contributed by atoms with van der Waals surface area (Å²) < 4.78 is 0. The van der Waals surface area contributed by atoms with Crippen molar-refractivity contribution in [3.63, 3.8) is 0 Å². The fraction of sp³-hybridized carbons (Fsp3) is 0.206. The Bertz CT molecular complexity index is 1270. The standard InChI is InChI=1S/C34H37N3O3/c1-5-9-17-27(8-4)25-36-22-23-37(31(34(36)40)32(38)35-24-26(7-3)16-6-2)33(39)30(28-18-12-10-13-19-28)29-20-14-11-15-21-29/h5-21,30-31H,1-3,22-25H2,4H3,(H,35,38)/b17-9-,26-16+,27-8+. The van der Waals surface area contributed by atoms with Gasteiger partial charge in [-0.05, 0) is 29.2 Å². The van der Waals surface area contributed by atoms with E-state index in [1.807, 2.05) is 79.7 Å². The van der Waals surface area contributed by atoms with Gasteiger partial charge in [-0.15, -0.1) is 0 Å². The Balaban J connectivity index is 1.99. The molecular weight excluding hydrogens is 498 g/mol. The average Bonchev–Trinajstić information content (AvgIpc) is 2.99. The van der Waals surface area contributed by atoms with Crippen LogP contribution in [0.15, 0.2) is 134 Å². The van der Waals surface area contributed by atoms with Gasteiger partial charge in [-0.2, -0.15) is 0 Å². The average molecular weight is 536 g/mol. The Kier molecular flexibility index (Phi) is 11.2. The first-order valence-electron chi connectivity index (χ1n) is 13.3. The Morgan fingerprint density at radius 2 is 1.57 bits per heavy atom. The molecule has 1 saturated heterocycles. The smallest absolute Gasteiger partial charge is 0.255 e. The lowest BCUT2D eigenvalue weighted by atomic mass is 9.89. The van der Waals surface area contributed by atoms with Gasteiger partial charge < -0.3 is 15.1 Å². The summed E-state index contributed by atoms with van der Waals surface area (Å²) in [5.74, 6) is -1.92. The van der Waals surface area contributed by atoms with Gasteiger partial charge in [-0.1, -0.05) is 123 Å². The van der Waals surface area contributed by atoms with Gasteiger partial charge in [0.1, 0.15) is 0 Å². The molecule has 0 radical (unpaired) electrons. The third kappa shape index (κ3) is 7.44. The second-order valence-corrected chi connectivity index (χ2v) is 9.31. The largest absolute Gasteiger partial charge is 0.350 e. The third-order valence-corrected chi connectivity index (χ3v) is 6.76. The molecule has 0 aromatic heterocycles. The first-order valence-corrected chi connectivity index (χ1v) is 13.3. The van der Waals surface area contributed by atoms with E-state index < -0.39 is 23.8 Å². The molecule has 3 rings (SSSR count). The number of allylic oxidation sites excluding steroid dienone is 5. The zero-order valence-corrected chi connectivity index (χ0v) is 23.0. The van der Waals surface area contributed by atoms with Crippen LogP contribution in [-0.4, -0.2) is 59.7 Å². The van der Waals surface area contributed by atoms with Crippen molar-refractivity contribution in [2.75, 3.05) is 26.2 Å². The molecule has 206 valence electrons. The van der Waals surface area contributed by atoms with Crippen LogP contribution in [0.5, 0.6) is 0 Å². The van der Waals surface area contributed by atoms with Crippen LogP contribution in [0.4, 0.5) is 0 Å². The number of carbonyl (C=O) groups is 3. The first-order chi connectivity index (χ1) is 19.4. The van der Waals surface area contributed by atoms with Crippen LogP contribution in [0.2, 0.25) is 0 Å². The number of amides is 3. The number of piperazine rings is 1. The maximum atomic E-state index is 14.3. The summed E-state index contributed by atoms with van der Waals surface area (Å²) in [6, 6.07) is 17.6. The van der Waals surface area contributed by atoms with Gasteiger partial charge in [-0.25, -0.2) is 0 Å². The van der Waals surface area contributed by atoms with E-state index in [-0.39, 0.29) is 19.0 Å². The molecule has 1 N–H and O–H groups in total. The minimum atomic E-state index is -1.31. The highest BCUT2D eigenvalue weighted by Crippen LogP contribution is 2.29. The highest BCUT2D eigenvalue weighted by molar-refractivity contribution is 6.08. The molecule has 0 saturated carbocycles. The Morgan fingerprint density at radius 3 is 2.10 bits per heavy atom. The number of nitrogens with zero attached hydrogens (tertiary/aromatic N) is 2. The van der Waals surface area contributed by atoms with Gasteiger partial charge in [0.15, 0.2) is 6.04 Å². The molecule has 6 heteroatoms. The normalized spacial score (nSPS) is 16.2. The minimum Gasteiger partial charge on any atom is -0.350 e. The number of carbonyl (C=O) groups excluding carboxylic acids is 3. The molecular formula is C34H37N3O3. The maximum absolute atomic E-state index is 14.3. The lowest BCUT2D eigenvalue weighted by Crippen LogP contribution is -2.64. The molecule has 1 fully saturated rings. The number of nitrogens with one attached hydrogen (secondary N) is 1. The number of benzene rings is 2. The van der Waals surface area contributed by atoms with Crippen LogP contribution in [0.3, 0.4) is 0 Å². The van der Waals surface area contributed by atoms with Crippen molar-refractivity contribution in [2.24, 2.45) is 0 Å². The zero-order valence-electron chi connectivity index (χ0n) is 23.0. The highest BCUT2D eigenvalue weighted by atomic mass is 16.2. The topological polar surface area (TPSA) is 69.7 Å². The predicted molar refractivity (Wildman–Crippen MR) is 161 cm³/mol. The Morgan fingerprint density at radius 1 is 0.950 bits per heavy atom. The van der Waals surface area contributed by atoms with Crippen LogP contribution >= 0.6 is 0 Å². The SMILES string of the molecule is C=C/C=C\C(=C/C)CN1CCN(C(=O)C(c2ccccc2)c2ccccc2)C(C(=O)NC/C(C=C)=C/C=C)C1=O. The van der Waals surface area contributed by atoms with Crippen molar-refractivity contribution in [1.82, 2.24) is 15.1 Å². The summed E-state index contributed by atoms with van der Waals surface area (Å²) >= 11 is 0. The second-order valence-electron chi connectivity index (χ2n) is 9.31. The summed E-state index contributed by atoms with van der Waals surface area (Å²) in [5.41, 5.74) is 3.22. The molecule has 1 atom stereocenters. The summed E-state index contributed by atoms with van der Waals surface area (Å²) in [5, 5.41) is 2.83. The van der Waals surface area contributed by atoms with Crippen molar-refractivity contribution in [3.8, 4) is 0 Å². The van der Waals surface area contributed by atoms with E-state index in [0.717, 1.165) is 22.3 Å². The highest BCUT2D eigenvalue weighted by Gasteiger charge is 2.44. The quantitative estimate of drug-likeness (QED) is 0.309. The van der Waals surface area contributed by atoms with Gasteiger partial charge in [0, 0.05) is 26.2 Å². The maximum Gasteiger partial charge on any atom is 0.255 e. The van der Waals surface area contributed by atoms with Gasteiger partial charge in [0.2, 0.25) is 5.91 Å². The monoisotopic (exact) mass is 535 g/mol. The fourth-order valence-corrected chi connectivity index (χ4v) is 4.65. The molecule has 2 aromatic rings. The Hall–Kier alpha value is -4.71. The van der Waals surface area contributed by atoms with Crippen molar-refractivity contribution in [3.05, 3.63) is 145 Å². The van der Waals surface area contributed by atoms with E-state index in [1.165, 1.54) is 4.90 Å². The summed E-state index contributed by atoms with van der Waals surface area (Å²) in [4.78, 5) is 44.9. The van der Waals surface area contributed by atoms with Crippen molar-refractivity contribution < 1.29 is 14.4 Å². The summed E-state index contributed by atoms with van der Waals surface area (Å²) in [6.45, 7) is 14.1. The molecule has 0 spiro atoms. The lowest BCUT2D eigenvalue weighted by molar-refractivity contribution is -0.156. The van der Waals surface area contributed by atoms with E-state index in [9.17, 15) is 14.4 Å². The summed E-state index contributed by atoms with van der Waals surface area (Å²) in [6.07, 6.45) is 12.2. The predicted octanol–water partition coefficient (Wildman–Crippen LogP) is 4.96. The van der Waals surface area contributed by atoms with Crippen LogP contribution < -0.4 is 5.32 Å². The van der Waals surface area contributed by atoms with Crippen molar-refractivity contribution >= 4 is 17.7 Å². The zero-order chi connectivity index (χ0) is 28.9. The molecule has 2 aromatic carbocycles. The molecule has 1 aliphatic heterocycles. The molecule has 1 aliphatic rings. The molecule has 3 amide bonds. The van der Waals surface area contributed by atoms with Crippen molar-refractivity contribution in [1.29, 1.82) is 0 Å². The second kappa shape index (κ2) is 15.0. The third-order valence-electron chi connectivity index (χ3n) is 6.76. The Labute approximate surface area is 237 Å². The number of hydrogen-bond acceptors (Lipinski definition) is 3. The van der Waals surface area contributed by atoms with Gasteiger partial charge in [-0.3, -0.25) is 14.4 Å². The number of hydrogen-bond donors (Lipinski definition) is 1. The van der Waals surface area contributed by atoms with Gasteiger partial charge >= 0.3 is 0 Å². The lowest BCUT2D eigenvalue weighted by Gasteiger charge is -2.41. The molecule has 40 heavy (non-hydrogen) atoms. The molecule has 1 unspecified atom stereocenters. The van der Waals surface area contributed by atoms with E-state index >= 15 is 0 Å². The van der Waals surface area contributed by atoms with Crippen LogP contribution in [-0.2, 0) is 14.4 Å². The van der Waals surface area contributed by atoms with E-state index in [0.29, 0.717) is 13.1 Å². The molecule has 6 nitrogen and oxygen atoms in total. The van der Waals surface area contributed by atoms with Crippen LogP contribution in [0, 0.1) is 0 Å². The van der Waals surface area contributed by atoms with E-state index in [4.69, 9.17) is 0 Å². The van der Waals surface area contributed by atoms with Crippen molar-refractivity contribution in [2.45, 2.75) is 18.9 Å². The minimum absolute atomic E-state index is 0.156. The first kappa shape index (κ1) is 29.8. The molecule has 0 bridgehead atoms. The summed E-state index contributed by atoms with van der Waals surface area (Å²) in [7, 11) is 0. The van der Waals surface area contributed by atoms with Crippen LogP contribution in [0.1, 0.15) is 24.0 Å². The fourth-order valence-electron chi connectivity index (χ4n) is 4.65. The van der Waals surface area contributed by atoms with E-state index in [1.54, 1.807) is 35.3 Å². The molecule has 1 heterocycles. The van der Waals surface area contributed by atoms with Gasteiger partial charge in [0.05, 0.1) is 5.92 Å². The number of rotatable bonds is 12.